The fraction of sp³-hybridized carbons (Fsp3) is 0.167. The zero-order valence-electron chi connectivity index (χ0n) is 12.5. The Balaban J connectivity index is 1.78. The van der Waals surface area contributed by atoms with E-state index in [9.17, 15) is 0 Å². The first-order valence-corrected chi connectivity index (χ1v) is 8.12. The molecule has 1 aromatic heterocycles. The Bertz CT molecular complexity index is 774. The van der Waals surface area contributed by atoms with Crippen LogP contribution in [0.5, 0.6) is 0 Å². The van der Waals surface area contributed by atoms with Crippen LogP contribution in [-0.4, -0.2) is 9.55 Å². The number of hydrogen-bond acceptors (Lipinski definition) is 2. The van der Waals surface area contributed by atoms with Gasteiger partial charge in [0.05, 0.1) is 0 Å². The molecule has 0 fully saturated rings. The van der Waals surface area contributed by atoms with E-state index < -0.39 is 0 Å². The molecule has 5 heteroatoms. The van der Waals surface area contributed by atoms with Gasteiger partial charge >= 0.3 is 0 Å². The van der Waals surface area contributed by atoms with Crippen molar-refractivity contribution in [3.05, 3.63) is 87.4 Å². The van der Waals surface area contributed by atoms with E-state index in [2.05, 4.69) is 33.8 Å². The number of aromatic nitrogens is 2. The molecule has 0 radical (unpaired) electrons. The van der Waals surface area contributed by atoms with E-state index in [1.54, 1.807) is 6.07 Å². The Hall–Kier alpha value is -1.81. The predicted octanol–water partition coefficient (Wildman–Crippen LogP) is 4.29. The van der Waals surface area contributed by atoms with E-state index in [0.29, 0.717) is 23.0 Å². The van der Waals surface area contributed by atoms with Gasteiger partial charge < -0.3 is 10.3 Å². The Labute approximate surface area is 145 Å². The van der Waals surface area contributed by atoms with Crippen LogP contribution < -0.4 is 5.73 Å². The lowest BCUT2D eigenvalue weighted by molar-refractivity contribution is 0.740. The average molecular weight is 346 g/mol. The molecule has 118 valence electrons. The number of rotatable bonds is 5. The summed E-state index contributed by atoms with van der Waals surface area (Å²) in [6.45, 7) is 1.33. The van der Waals surface area contributed by atoms with Crippen molar-refractivity contribution in [1.29, 1.82) is 0 Å². The molecule has 2 aromatic carbocycles. The summed E-state index contributed by atoms with van der Waals surface area (Å²) in [5.41, 5.74) is 9.03. The molecule has 3 rings (SSSR count). The summed E-state index contributed by atoms with van der Waals surface area (Å²) < 4.78 is 2.13. The second kappa shape index (κ2) is 7.18. The van der Waals surface area contributed by atoms with Crippen LogP contribution in [0.25, 0.3) is 0 Å². The smallest absolute Gasteiger partial charge is 0.113 e. The van der Waals surface area contributed by atoms with Gasteiger partial charge in [0.25, 0.3) is 0 Å². The van der Waals surface area contributed by atoms with Crippen molar-refractivity contribution in [3.63, 3.8) is 0 Å². The summed E-state index contributed by atoms with van der Waals surface area (Å²) in [6.07, 6.45) is 4.49. The highest BCUT2D eigenvalue weighted by Crippen LogP contribution is 2.21. The van der Waals surface area contributed by atoms with Crippen LogP contribution in [0.1, 0.15) is 22.5 Å². The molecular formula is C18H17Cl2N3. The zero-order chi connectivity index (χ0) is 16.2. The fourth-order valence-corrected chi connectivity index (χ4v) is 3.10. The molecule has 0 aliphatic rings. The summed E-state index contributed by atoms with van der Waals surface area (Å²) in [4.78, 5) is 4.46. The van der Waals surface area contributed by atoms with E-state index in [4.69, 9.17) is 28.9 Å². The Morgan fingerprint density at radius 2 is 1.57 bits per heavy atom. The number of halogens is 2. The highest BCUT2D eigenvalue weighted by molar-refractivity contribution is 6.34. The third-order valence-corrected chi connectivity index (χ3v) is 4.13. The number of hydrogen-bond donors (Lipinski definition) is 1. The molecule has 0 atom stereocenters. The van der Waals surface area contributed by atoms with Crippen molar-refractivity contribution in [2.45, 2.75) is 19.5 Å². The van der Waals surface area contributed by atoms with Crippen LogP contribution in [0.15, 0.2) is 54.9 Å². The lowest BCUT2D eigenvalue weighted by Gasteiger charge is -2.09. The van der Waals surface area contributed by atoms with Gasteiger partial charge in [-0.25, -0.2) is 4.98 Å². The molecule has 0 unspecified atom stereocenters. The molecule has 0 bridgehead atoms. The third kappa shape index (κ3) is 4.14. The topological polar surface area (TPSA) is 43.8 Å². The van der Waals surface area contributed by atoms with Crippen molar-refractivity contribution in [2.24, 2.45) is 5.73 Å². The zero-order valence-corrected chi connectivity index (χ0v) is 14.1. The summed E-state index contributed by atoms with van der Waals surface area (Å²) in [6, 6.07) is 13.9. The van der Waals surface area contributed by atoms with E-state index >= 15 is 0 Å². The molecule has 3 aromatic rings. The molecule has 0 saturated carbocycles. The normalized spacial score (nSPS) is 10.9. The molecule has 23 heavy (non-hydrogen) atoms. The largest absolute Gasteiger partial charge is 0.330 e. The summed E-state index contributed by atoms with van der Waals surface area (Å²) in [5.74, 6) is 0.978. The summed E-state index contributed by atoms with van der Waals surface area (Å²) in [5, 5.41) is 1.28. The molecule has 2 N–H and O–H groups in total. The Kier molecular flexibility index (Phi) is 5.01. The molecule has 0 spiro atoms. The van der Waals surface area contributed by atoms with Crippen LogP contribution in [0.2, 0.25) is 10.0 Å². The van der Waals surface area contributed by atoms with Gasteiger partial charge in [-0.1, -0.05) is 47.5 Å². The van der Waals surface area contributed by atoms with E-state index in [1.165, 1.54) is 5.56 Å². The molecule has 0 amide bonds. The second-order valence-corrected chi connectivity index (χ2v) is 6.32. The first-order valence-electron chi connectivity index (χ1n) is 7.37. The van der Waals surface area contributed by atoms with Gasteiger partial charge in [0.15, 0.2) is 0 Å². The molecule has 0 saturated heterocycles. The van der Waals surface area contributed by atoms with Crippen molar-refractivity contribution < 1.29 is 0 Å². The lowest BCUT2D eigenvalue weighted by atomic mass is 10.1. The van der Waals surface area contributed by atoms with Crippen LogP contribution in [-0.2, 0) is 19.5 Å². The SMILES string of the molecule is NCc1ccc(Cn2ccnc2Cc2cc(Cl)cc(Cl)c2)cc1. The molecular weight excluding hydrogens is 329 g/mol. The molecule has 0 aliphatic carbocycles. The van der Waals surface area contributed by atoms with Gasteiger partial charge in [-0.05, 0) is 34.9 Å². The lowest BCUT2D eigenvalue weighted by Crippen LogP contribution is -2.05. The third-order valence-electron chi connectivity index (χ3n) is 3.70. The average Bonchev–Trinajstić information content (AvgIpc) is 2.94. The van der Waals surface area contributed by atoms with Crippen LogP contribution in [0.3, 0.4) is 0 Å². The minimum atomic E-state index is 0.562. The minimum absolute atomic E-state index is 0.562. The number of nitrogens with zero attached hydrogens (tertiary/aromatic N) is 2. The number of imidazole rings is 1. The summed E-state index contributed by atoms with van der Waals surface area (Å²) >= 11 is 12.1. The van der Waals surface area contributed by atoms with Crippen molar-refractivity contribution in [3.8, 4) is 0 Å². The molecule has 3 nitrogen and oxygen atoms in total. The highest BCUT2D eigenvalue weighted by Gasteiger charge is 2.07. The van der Waals surface area contributed by atoms with Crippen molar-refractivity contribution in [2.75, 3.05) is 0 Å². The maximum absolute atomic E-state index is 6.07. The van der Waals surface area contributed by atoms with Gasteiger partial charge in [0.1, 0.15) is 5.82 Å². The van der Waals surface area contributed by atoms with E-state index in [0.717, 1.165) is 23.5 Å². The minimum Gasteiger partial charge on any atom is -0.330 e. The summed E-state index contributed by atoms with van der Waals surface area (Å²) in [7, 11) is 0. The van der Waals surface area contributed by atoms with Gasteiger partial charge in [-0.15, -0.1) is 0 Å². The van der Waals surface area contributed by atoms with E-state index in [-0.39, 0.29) is 0 Å². The maximum Gasteiger partial charge on any atom is 0.113 e. The number of nitrogens with two attached hydrogens (primary N) is 1. The van der Waals surface area contributed by atoms with Crippen molar-refractivity contribution in [1.82, 2.24) is 9.55 Å². The van der Waals surface area contributed by atoms with Gasteiger partial charge in [-0.2, -0.15) is 0 Å². The molecule has 1 heterocycles. The van der Waals surface area contributed by atoms with Gasteiger partial charge in [0.2, 0.25) is 0 Å². The van der Waals surface area contributed by atoms with Crippen LogP contribution >= 0.6 is 23.2 Å². The van der Waals surface area contributed by atoms with Crippen LogP contribution in [0, 0.1) is 0 Å². The highest BCUT2D eigenvalue weighted by atomic mass is 35.5. The Morgan fingerprint density at radius 1 is 0.913 bits per heavy atom. The van der Waals surface area contributed by atoms with Crippen LogP contribution in [0.4, 0.5) is 0 Å². The molecule has 0 aliphatic heterocycles. The van der Waals surface area contributed by atoms with Gasteiger partial charge in [0, 0.05) is 41.9 Å². The van der Waals surface area contributed by atoms with E-state index in [1.807, 2.05) is 24.5 Å². The fourth-order valence-electron chi connectivity index (χ4n) is 2.52. The van der Waals surface area contributed by atoms with Gasteiger partial charge in [-0.3, -0.25) is 0 Å². The monoisotopic (exact) mass is 345 g/mol. The second-order valence-electron chi connectivity index (χ2n) is 5.45. The first-order chi connectivity index (χ1) is 11.1. The number of benzene rings is 2. The Morgan fingerprint density at radius 3 is 2.22 bits per heavy atom. The van der Waals surface area contributed by atoms with Crippen molar-refractivity contribution >= 4 is 23.2 Å². The quantitative estimate of drug-likeness (QED) is 0.749. The maximum atomic E-state index is 6.07. The predicted molar refractivity (Wildman–Crippen MR) is 94.9 cm³/mol. The first kappa shape index (κ1) is 16.1. The standard InChI is InChI=1S/C18H17Cl2N3/c19-16-7-15(8-17(20)10-16)9-18-22-5-6-23(18)12-14-3-1-13(11-21)2-4-14/h1-8,10H,9,11-12,21H2.